The molecule has 3 heteroatoms. The number of rotatable bonds is 2. The summed E-state index contributed by atoms with van der Waals surface area (Å²) in [6.07, 6.45) is 2.43. The molecule has 0 saturated heterocycles. The number of halogens is 1. The lowest BCUT2D eigenvalue weighted by atomic mass is 10.00. The number of hydrogen-bond donors (Lipinski definition) is 1. The minimum atomic E-state index is -0.252. The van der Waals surface area contributed by atoms with E-state index in [1.807, 2.05) is 26.0 Å². The zero-order valence-electron chi connectivity index (χ0n) is 7.34. The highest BCUT2D eigenvalue weighted by Crippen LogP contribution is 2.16. The van der Waals surface area contributed by atoms with Crippen molar-refractivity contribution in [3.8, 4) is 0 Å². The normalized spacial score (nSPS) is 11.7. The lowest BCUT2D eigenvalue weighted by Crippen LogP contribution is -2.34. The predicted octanol–water partition coefficient (Wildman–Crippen LogP) is 2.01. The molecule has 0 aliphatic carbocycles. The lowest BCUT2D eigenvalue weighted by molar-refractivity contribution is 0.510. The fourth-order valence-electron chi connectivity index (χ4n) is 0.980. The molecule has 1 heterocycles. The first-order chi connectivity index (χ1) is 5.49. The summed E-state index contributed by atoms with van der Waals surface area (Å²) in [7, 11) is 0. The third-order valence-corrected chi connectivity index (χ3v) is 1.80. The van der Waals surface area contributed by atoms with E-state index in [-0.39, 0.29) is 5.54 Å². The SMILES string of the molecule is CC(C)(N)Cc1ncccc1Cl. The van der Waals surface area contributed by atoms with E-state index in [2.05, 4.69) is 4.98 Å². The maximum absolute atomic E-state index is 5.91. The first kappa shape index (κ1) is 9.49. The molecule has 0 amide bonds. The summed E-state index contributed by atoms with van der Waals surface area (Å²) in [5, 5.41) is 0.691. The molecule has 2 nitrogen and oxygen atoms in total. The second-order valence-corrected chi connectivity index (χ2v) is 4.00. The van der Waals surface area contributed by atoms with E-state index in [0.29, 0.717) is 11.4 Å². The molecule has 66 valence electrons. The molecule has 0 saturated carbocycles. The maximum Gasteiger partial charge on any atom is 0.0622 e. The molecule has 1 aromatic heterocycles. The van der Waals surface area contributed by atoms with Crippen molar-refractivity contribution < 1.29 is 0 Å². The molecule has 0 fully saturated rings. The molecule has 0 spiro atoms. The van der Waals surface area contributed by atoms with Gasteiger partial charge in [-0.2, -0.15) is 0 Å². The van der Waals surface area contributed by atoms with E-state index in [4.69, 9.17) is 17.3 Å². The second-order valence-electron chi connectivity index (χ2n) is 3.60. The second kappa shape index (κ2) is 3.42. The van der Waals surface area contributed by atoms with Crippen molar-refractivity contribution >= 4 is 11.6 Å². The van der Waals surface area contributed by atoms with Gasteiger partial charge in [0, 0.05) is 18.2 Å². The number of nitrogens with zero attached hydrogens (tertiary/aromatic N) is 1. The first-order valence-corrected chi connectivity index (χ1v) is 4.25. The Morgan fingerprint density at radius 1 is 1.58 bits per heavy atom. The van der Waals surface area contributed by atoms with Crippen LogP contribution in [0.5, 0.6) is 0 Å². The minimum absolute atomic E-state index is 0.252. The first-order valence-electron chi connectivity index (χ1n) is 3.87. The summed E-state index contributed by atoms with van der Waals surface area (Å²) in [4.78, 5) is 4.15. The molecule has 1 aromatic rings. The van der Waals surface area contributed by atoms with E-state index in [9.17, 15) is 0 Å². The van der Waals surface area contributed by atoms with Gasteiger partial charge in [-0.05, 0) is 26.0 Å². The van der Waals surface area contributed by atoms with Crippen LogP contribution in [-0.4, -0.2) is 10.5 Å². The summed E-state index contributed by atoms with van der Waals surface area (Å²) in [5.41, 5.74) is 6.45. The average molecular weight is 185 g/mol. The van der Waals surface area contributed by atoms with Crippen LogP contribution in [0.25, 0.3) is 0 Å². The highest BCUT2D eigenvalue weighted by molar-refractivity contribution is 6.31. The zero-order chi connectivity index (χ0) is 9.19. The van der Waals surface area contributed by atoms with Gasteiger partial charge in [0.25, 0.3) is 0 Å². The molecule has 0 atom stereocenters. The monoisotopic (exact) mass is 184 g/mol. The number of nitrogens with two attached hydrogens (primary N) is 1. The van der Waals surface area contributed by atoms with Crippen LogP contribution in [-0.2, 0) is 6.42 Å². The van der Waals surface area contributed by atoms with Crippen molar-refractivity contribution in [1.29, 1.82) is 0 Å². The van der Waals surface area contributed by atoms with Crippen LogP contribution < -0.4 is 5.73 Å². The fourth-order valence-corrected chi connectivity index (χ4v) is 1.17. The largest absolute Gasteiger partial charge is 0.325 e. The zero-order valence-corrected chi connectivity index (χ0v) is 8.10. The Labute approximate surface area is 77.8 Å². The van der Waals surface area contributed by atoms with Gasteiger partial charge in [-0.1, -0.05) is 11.6 Å². The van der Waals surface area contributed by atoms with Gasteiger partial charge >= 0.3 is 0 Å². The van der Waals surface area contributed by atoms with Gasteiger partial charge < -0.3 is 5.73 Å². The van der Waals surface area contributed by atoms with Gasteiger partial charge in [-0.3, -0.25) is 4.98 Å². The fraction of sp³-hybridized carbons (Fsp3) is 0.444. The van der Waals surface area contributed by atoms with E-state index < -0.39 is 0 Å². The summed E-state index contributed by atoms with van der Waals surface area (Å²) in [5.74, 6) is 0. The van der Waals surface area contributed by atoms with Crippen LogP contribution in [0.2, 0.25) is 5.02 Å². The summed E-state index contributed by atoms with van der Waals surface area (Å²) in [6.45, 7) is 3.91. The Balaban J connectivity index is 2.83. The standard InChI is InChI=1S/C9H13ClN2/c1-9(2,11)6-8-7(10)4-3-5-12-8/h3-5H,6,11H2,1-2H3. The number of aromatic nitrogens is 1. The average Bonchev–Trinajstić information content (AvgIpc) is 1.91. The van der Waals surface area contributed by atoms with Gasteiger partial charge in [0.1, 0.15) is 0 Å². The van der Waals surface area contributed by atoms with Gasteiger partial charge in [-0.15, -0.1) is 0 Å². The van der Waals surface area contributed by atoms with Crippen LogP contribution in [0.3, 0.4) is 0 Å². The Hall–Kier alpha value is -0.600. The molecule has 1 rings (SSSR count). The molecule has 0 aliphatic heterocycles. The van der Waals surface area contributed by atoms with Crippen molar-refractivity contribution in [3.05, 3.63) is 29.0 Å². The molecule has 12 heavy (non-hydrogen) atoms. The van der Waals surface area contributed by atoms with Crippen LogP contribution >= 0.6 is 11.6 Å². The van der Waals surface area contributed by atoms with Crippen molar-refractivity contribution in [1.82, 2.24) is 4.98 Å². The minimum Gasteiger partial charge on any atom is -0.325 e. The molecule has 0 aliphatic rings. The van der Waals surface area contributed by atoms with Crippen molar-refractivity contribution in [2.45, 2.75) is 25.8 Å². The Kier molecular flexibility index (Phi) is 2.70. The third kappa shape index (κ3) is 2.80. The number of pyridine rings is 1. The molecular weight excluding hydrogens is 172 g/mol. The molecule has 0 unspecified atom stereocenters. The van der Waals surface area contributed by atoms with E-state index in [1.54, 1.807) is 6.20 Å². The van der Waals surface area contributed by atoms with Gasteiger partial charge in [0.05, 0.1) is 10.7 Å². The highest BCUT2D eigenvalue weighted by atomic mass is 35.5. The topological polar surface area (TPSA) is 38.9 Å². The van der Waals surface area contributed by atoms with Crippen LogP contribution in [0.15, 0.2) is 18.3 Å². The van der Waals surface area contributed by atoms with Crippen molar-refractivity contribution in [3.63, 3.8) is 0 Å². The highest BCUT2D eigenvalue weighted by Gasteiger charge is 2.14. The molecule has 2 N–H and O–H groups in total. The van der Waals surface area contributed by atoms with Crippen molar-refractivity contribution in [2.24, 2.45) is 5.73 Å². The maximum atomic E-state index is 5.91. The molecule has 0 bridgehead atoms. The van der Waals surface area contributed by atoms with Gasteiger partial charge in [0.15, 0.2) is 0 Å². The van der Waals surface area contributed by atoms with Gasteiger partial charge in [0.2, 0.25) is 0 Å². The Bertz CT molecular complexity index is 265. The van der Waals surface area contributed by atoms with Crippen molar-refractivity contribution in [2.75, 3.05) is 0 Å². The molecular formula is C9H13ClN2. The molecule has 0 aromatic carbocycles. The summed E-state index contributed by atoms with van der Waals surface area (Å²) >= 11 is 5.91. The summed E-state index contributed by atoms with van der Waals surface area (Å²) in [6, 6.07) is 3.64. The van der Waals surface area contributed by atoms with Crippen LogP contribution in [0.4, 0.5) is 0 Å². The lowest BCUT2D eigenvalue weighted by Gasteiger charge is -2.17. The number of hydrogen-bond acceptors (Lipinski definition) is 2. The van der Waals surface area contributed by atoms with E-state index in [0.717, 1.165) is 5.69 Å². The van der Waals surface area contributed by atoms with E-state index in [1.165, 1.54) is 0 Å². The third-order valence-electron chi connectivity index (χ3n) is 1.46. The quantitative estimate of drug-likeness (QED) is 0.764. The predicted molar refractivity (Wildman–Crippen MR) is 51.2 cm³/mol. The van der Waals surface area contributed by atoms with E-state index >= 15 is 0 Å². The summed E-state index contributed by atoms with van der Waals surface area (Å²) < 4.78 is 0. The Morgan fingerprint density at radius 3 is 2.75 bits per heavy atom. The van der Waals surface area contributed by atoms with Crippen LogP contribution in [0.1, 0.15) is 19.5 Å². The van der Waals surface area contributed by atoms with Crippen LogP contribution in [0, 0.1) is 0 Å². The van der Waals surface area contributed by atoms with Gasteiger partial charge in [-0.25, -0.2) is 0 Å². The molecule has 0 radical (unpaired) electrons. The smallest absolute Gasteiger partial charge is 0.0622 e. The Morgan fingerprint density at radius 2 is 2.25 bits per heavy atom.